The highest BCUT2D eigenvalue weighted by atomic mass is 79.9. The average Bonchev–Trinajstić information content (AvgIpc) is 2.42. The Kier molecular flexibility index (Phi) is 2.25. The van der Waals surface area contributed by atoms with E-state index >= 15 is 0 Å². The Balaban J connectivity index is 3.00. The average molecular weight is 327 g/mol. The molecule has 0 unspecified atom stereocenters. The minimum absolute atomic E-state index is 0.466. The predicted octanol–water partition coefficient (Wildman–Crippen LogP) is 3.30. The Morgan fingerprint density at radius 1 is 1.46 bits per heavy atom. The number of aromatic nitrogens is 1. The van der Waals surface area contributed by atoms with Gasteiger partial charge in [0.05, 0.1) is 9.50 Å². The minimum atomic E-state index is -0.495. The van der Waals surface area contributed by atoms with Crippen LogP contribution >= 0.6 is 43.5 Å². The van der Waals surface area contributed by atoms with Gasteiger partial charge in [-0.15, -0.1) is 0 Å². The van der Waals surface area contributed by atoms with Gasteiger partial charge in [-0.05, 0) is 37.9 Å². The van der Waals surface area contributed by atoms with Crippen LogP contribution in [0, 0.1) is 0 Å². The van der Waals surface area contributed by atoms with Crippen LogP contribution in [-0.2, 0) is 0 Å². The molecular formula is C7H2Br2ClNO2. The number of hydrogen-bond acceptors (Lipinski definition) is 2. The van der Waals surface area contributed by atoms with Crippen LogP contribution in [0.15, 0.2) is 24.2 Å². The summed E-state index contributed by atoms with van der Waals surface area (Å²) in [7, 11) is 0. The first kappa shape index (κ1) is 9.30. The molecule has 0 amide bonds. The van der Waals surface area contributed by atoms with Crippen molar-refractivity contribution in [2.24, 2.45) is 0 Å². The third-order valence-corrected chi connectivity index (χ3v) is 3.82. The number of hydrogen-bond donors (Lipinski definition) is 1. The molecule has 0 aliphatic heterocycles. The molecule has 68 valence electrons. The van der Waals surface area contributed by atoms with E-state index in [1.807, 2.05) is 0 Å². The van der Waals surface area contributed by atoms with Crippen LogP contribution < -0.4 is 5.76 Å². The third-order valence-electron chi connectivity index (χ3n) is 1.56. The lowest BCUT2D eigenvalue weighted by Crippen LogP contribution is -1.93. The normalized spacial score (nSPS) is 11.0. The molecule has 1 N–H and O–H groups in total. The van der Waals surface area contributed by atoms with Gasteiger partial charge in [-0.3, -0.25) is 4.98 Å². The lowest BCUT2D eigenvalue weighted by molar-refractivity contribution is 0.555. The molecule has 0 fully saturated rings. The summed E-state index contributed by atoms with van der Waals surface area (Å²) in [4.78, 5) is 13.4. The van der Waals surface area contributed by atoms with Crippen LogP contribution in [0.25, 0.3) is 11.1 Å². The lowest BCUT2D eigenvalue weighted by atomic mass is 10.3. The largest absolute Gasteiger partial charge is 0.417 e. The summed E-state index contributed by atoms with van der Waals surface area (Å²) >= 11 is 12.4. The van der Waals surface area contributed by atoms with E-state index in [0.29, 0.717) is 25.1 Å². The molecule has 0 aliphatic rings. The molecule has 2 rings (SSSR count). The monoisotopic (exact) mass is 325 g/mol. The summed E-state index contributed by atoms with van der Waals surface area (Å²) < 4.78 is 6.15. The van der Waals surface area contributed by atoms with Crippen LogP contribution in [0.4, 0.5) is 0 Å². The molecule has 1 heterocycles. The quantitative estimate of drug-likeness (QED) is 0.755. The van der Waals surface area contributed by atoms with E-state index < -0.39 is 5.76 Å². The molecule has 1 aromatic heterocycles. The SMILES string of the molecule is O=c1[nH]c2c(Br)c(Cl)c(Br)cc2o1. The number of rotatable bonds is 0. The summed E-state index contributed by atoms with van der Waals surface area (Å²) in [5.74, 6) is -0.495. The minimum Gasteiger partial charge on any atom is -0.408 e. The first-order chi connectivity index (χ1) is 6.09. The first-order valence-electron chi connectivity index (χ1n) is 3.26. The fraction of sp³-hybridized carbons (Fsp3) is 0. The van der Waals surface area contributed by atoms with Gasteiger partial charge in [0.15, 0.2) is 5.58 Å². The molecule has 0 saturated heterocycles. The van der Waals surface area contributed by atoms with E-state index in [0.717, 1.165) is 0 Å². The molecule has 0 bridgehead atoms. The Labute approximate surface area is 94.3 Å². The van der Waals surface area contributed by atoms with Crippen LogP contribution in [0.1, 0.15) is 0 Å². The van der Waals surface area contributed by atoms with Gasteiger partial charge in [0.1, 0.15) is 5.52 Å². The summed E-state index contributed by atoms with van der Waals surface area (Å²) in [6.07, 6.45) is 0. The van der Waals surface area contributed by atoms with Gasteiger partial charge >= 0.3 is 5.76 Å². The number of aromatic amines is 1. The maximum absolute atomic E-state index is 10.9. The molecule has 2 aromatic rings. The fourth-order valence-corrected chi connectivity index (χ4v) is 2.33. The van der Waals surface area contributed by atoms with Gasteiger partial charge in [-0.1, -0.05) is 11.6 Å². The van der Waals surface area contributed by atoms with Crippen LogP contribution in [0.2, 0.25) is 5.02 Å². The second-order valence-electron chi connectivity index (χ2n) is 2.37. The molecule has 3 nitrogen and oxygen atoms in total. The highest BCUT2D eigenvalue weighted by Gasteiger charge is 2.11. The van der Waals surface area contributed by atoms with E-state index in [1.54, 1.807) is 6.07 Å². The Morgan fingerprint density at radius 2 is 2.15 bits per heavy atom. The van der Waals surface area contributed by atoms with Crippen molar-refractivity contribution in [1.82, 2.24) is 4.98 Å². The first-order valence-corrected chi connectivity index (χ1v) is 5.22. The molecule has 0 spiro atoms. The summed E-state index contributed by atoms with van der Waals surface area (Å²) in [5, 5.41) is 0.504. The van der Waals surface area contributed by atoms with Crippen molar-refractivity contribution in [2.45, 2.75) is 0 Å². The highest BCUT2D eigenvalue weighted by molar-refractivity contribution is 9.11. The Morgan fingerprint density at radius 3 is 2.85 bits per heavy atom. The molecule has 13 heavy (non-hydrogen) atoms. The van der Waals surface area contributed by atoms with Crippen molar-refractivity contribution >= 4 is 54.6 Å². The van der Waals surface area contributed by atoms with Gasteiger partial charge in [-0.2, -0.15) is 0 Å². The van der Waals surface area contributed by atoms with E-state index in [1.165, 1.54) is 0 Å². The van der Waals surface area contributed by atoms with Gasteiger partial charge in [0.25, 0.3) is 0 Å². The topological polar surface area (TPSA) is 46.0 Å². The molecule has 1 aromatic carbocycles. The van der Waals surface area contributed by atoms with Crippen LogP contribution in [0.3, 0.4) is 0 Å². The fourth-order valence-electron chi connectivity index (χ4n) is 0.998. The maximum Gasteiger partial charge on any atom is 0.417 e. The van der Waals surface area contributed by atoms with Crippen molar-refractivity contribution in [3.63, 3.8) is 0 Å². The number of H-pyrrole nitrogens is 1. The number of fused-ring (bicyclic) bond motifs is 1. The van der Waals surface area contributed by atoms with Gasteiger partial charge in [-0.25, -0.2) is 4.79 Å². The van der Waals surface area contributed by atoms with E-state index in [9.17, 15) is 4.79 Å². The zero-order valence-corrected chi connectivity index (χ0v) is 9.96. The number of halogens is 3. The van der Waals surface area contributed by atoms with E-state index in [2.05, 4.69) is 36.8 Å². The number of benzene rings is 1. The number of nitrogens with one attached hydrogen (secondary N) is 1. The summed E-state index contributed by atoms with van der Waals surface area (Å²) in [6, 6.07) is 1.64. The standard InChI is InChI=1S/C7H2Br2ClNO2/c8-2-1-3-6(4(9)5(2)10)11-7(12)13-3/h1H,(H,11,12). The van der Waals surface area contributed by atoms with Crippen molar-refractivity contribution in [3.8, 4) is 0 Å². The highest BCUT2D eigenvalue weighted by Crippen LogP contribution is 2.35. The third kappa shape index (κ3) is 1.45. The molecule has 0 radical (unpaired) electrons. The van der Waals surface area contributed by atoms with Crippen molar-refractivity contribution in [3.05, 3.63) is 30.6 Å². The molecular weight excluding hydrogens is 325 g/mol. The van der Waals surface area contributed by atoms with E-state index in [-0.39, 0.29) is 0 Å². The van der Waals surface area contributed by atoms with Crippen molar-refractivity contribution in [2.75, 3.05) is 0 Å². The van der Waals surface area contributed by atoms with Gasteiger partial charge < -0.3 is 4.42 Å². The van der Waals surface area contributed by atoms with Crippen LogP contribution in [-0.4, -0.2) is 4.98 Å². The predicted molar refractivity (Wildman–Crippen MR) is 57.2 cm³/mol. The number of oxazole rings is 1. The summed E-state index contributed by atoms with van der Waals surface area (Å²) in [6.45, 7) is 0. The second kappa shape index (κ2) is 3.15. The Bertz CT molecular complexity index is 531. The van der Waals surface area contributed by atoms with Crippen LogP contribution in [0.5, 0.6) is 0 Å². The molecule has 6 heteroatoms. The zero-order valence-electron chi connectivity index (χ0n) is 6.03. The second-order valence-corrected chi connectivity index (χ2v) is 4.40. The molecule has 0 aliphatic carbocycles. The lowest BCUT2D eigenvalue weighted by Gasteiger charge is -1.98. The maximum atomic E-state index is 10.9. The molecule has 0 atom stereocenters. The van der Waals surface area contributed by atoms with Gasteiger partial charge in [0.2, 0.25) is 0 Å². The smallest absolute Gasteiger partial charge is 0.408 e. The summed E-state index contributed by atoms with van der Waals surface area (Å²) in [5.41, 5.74) is 1.03. The Hall–Kier alpha value is -0.260. The zero-order chi connectivity index (χ0) is 9.59. The van der Waals surface area contributed by atoms with E-state index in [4.69, 9.17) is 16.0 Å². The van der Waals surface area contributed by atoms with Gasteiger partial charge in [0, 0.05) is 4.47 Å². The van der Waals surface area contributed by atoms with Crippen molar-refractivity contribution in [1.29, 1.82) is 0 Å². The molecule has 0 saturated carbocycles. The van der Waals surface area contributed by atoms with Crippen molar-refractivity contribution < 1.29 is 4.42 Å².